The lowest BCUT2D eigenvalue weighted by Crippen LogP contribution is -2.74. The van der Waals surface area contributed by atoms with Crippen molar-refractivity contribution in [2.24, 2.45) is 5.41 Å². The maximum Gasteiger partial charge on any atom is 0.223 e. The average Bonchev–Trinajstić information content (AvgIpc) is 2.83. The van der Waals surface area contributed by atoms with Gasteiger partial charge in [-0.15, -0.1) is 0 Å². The van der Waals surface area contributed by atoms with Crippen LogP contribution in [0.4, 0.5) is 0 Å². The fourth-order valence-electron chi connectivity index (χ4n) is 5.86. The molecule has 2 fully saturated rings. The van der Waals surface area contributed by atoms with Crippen LogP contribution < -0.4 is 14.8 Å². The Bertz CT molecular complexity index is 733. The van der Waals surface area contributed by atoms with Crippen molar-refractivity contribution < 1.29 is 14.3 Å². The normalized spacial score (nSPS) is 40.2. The second-order valence-corrected chi connectivity index (χ2v) is 7.71. The van der Waals surface area contributed by atoms with Crippen LogP contribution in [0.5, 0.6) is 11.5 Å². The van der Waals surface area contributed by atoms with E-state index >= 15 is 0 Å². The van der Waals surface area contributed by atoms with Gasteiger partial charge in [-0.2, -0.15) is 0 Å². The summed E-state index contributed by atoms with van der Waals surface area (Å²) in [5.41, 5.74) is 2.43. The fourth-order valence-corrected chi connectivity index (χ4v) is 5.86. The van der Waals surface area contributed by atoms with Gasteiger partial charge in [-0.05, 0) is 38.1 Å². The molecule has 5 nitrogen and oxygen atoms in total. The first-order chi connectivity index (χ1) is 11.0. The molecule has 0 aromatic heterocycles. The number of hydrogen-bond donors (Lipinski definition) is 1. The molecule has 3 heterocycles. The highest BCUT2D eigenvalue weighted by molar-refractivity contribution is 5.81. The van der Waals surface area contributed by atoms with Crippen molar-refractivity contribution in [2.45, 2.75) is 43.9 Å². The van der Waals surface area contributed by atoms with E-state index in [9.17, 15) is 4.79 Å². The van der Waals surface area contributed by atoms with Crippen LogP contribution in [0.2, 0.25) is 0 Å². The zero-order valence-electron chi connectivity index (χ0n) is 13.8. The molecule has 122 valence electrons. The summed E-state index contributed by atoms with van der Waals surface area (Å²) in [7, 11) is 3.87. The van der Waals surface area contributed by atoms with Gasteiger partial charge < -0.3 is 19.7 Å². The summed E-state index contributed by atoms with van der Waals surface area (Å²) < 4.78 is 11.8. The van der Waals surface area contributed by atoms with Gasteiger partial charge in [-0.1, -0.05) is 13.0 Å². The first-order valence-electron chi connectivity index (χ1n) is 8.38. The van der Waals surface area contributed by atoms with Gasteiger partial charge in [0.2, 0.25) is 5.91 Å². The number of ether oxygens (including phenoxy) is 2. The standard InChI is InChI=1S/C18H22N2O3/c1-17-9-13(21)19-16-18(17)6-7-20(2)12(17)8-10-4-5-11(22-3)15(23-16)14(10)18/h4-5,12,16H,6-9H2,1-3H3,(H,19,21)/t12-,16-,17+,18+/m1/s1. The van der Waals surface area contributed by atoms with Crippen LogP contribution in [0.25, 0.3) is 0 Å². The number of nitrogens with zero attached hydrogens (tertiary/aromatic N) is 1. The average molecular weight is 314 g/mol. The molecule has 23 heavy (non-hydrogen) atoms. The molecule has 4 aliphatic rings. The summed E-state index contributed by atoms with van der Waals surface area (Å²) in [6, 6.07) is 4.57. The predicted molar refractivity (Wildman–Crippen MR) is 84.7 cm³/mol. The highest BCUT2D eigenvalue weighted by atomic mass is 16.5. The third-order valence-electron chi connectivity index (χ3n) is 6.94. The number of methoxy groups -OCH3 is 1. The predicted octanol–water partition coefficient (Wildman–Crippen LogP) is 1.44. The van der Waals surface area contributed by atoms with E-state index in [0.29, 0.717) is 12.5 Å². The molecular formula is C18H22N2O3. The van der Waals surface area contributed by atoms with E-state index in [4.69, 9.17) is 9.47 Å². The van der Waals surface area contributed by atoms with E-state index in [-0.39, 0.29) is 23.0 Å². The van der Waals surface area contributed by atoms with Gasteiger partial charge in [0, 0.05) is 23.4 Å². The largest absolute Gasteiger partial charge is 0.493 e. The third kappa shape index (κ3) is 1.33. The smallest absolute Gasteiger partial charge is 0.223 e. The van der Waals surface area contributed by atoms with Gasteiger partial charge in [0.1, 0.15) is 0 Å². The number of amides is 1. The number of piperidine rings is 2. The summed E-state index contributed by atoms with van der Waals surface area (Å²) in [5, 5.41) is 3.12. The van der Waals surface area contributed by atoms with E-state index in [1.54, 1.807) is 7.11 Å². The SMILES string of the molecule is COc1ccc2c3c1O[C@H]1NC(=O)C[C@@]4(C)[C@@H](C2)N(C)CC[C@]314. The highest BCUT2D eigenvalue weighted by Gasteiger charge is 2.70. The Labute approximate surface area is 135 Å². The zero-order valence-corrected chi connectivity index (χ0v) is 13.8. The lowest BCUT2D eigenvalue weighted by molar-refractivity contribution is -0.153. The first-order valence-corrected chi connectivity index (χ1v) is 8.38. The van der Waals surface area contributed by atoms with Gasteiger partial charge in [0.25, 0.3) is 0 Å². The van der Waals surface area contributed by atoms with E-state index in [0.717, 1.165) is 30.9 Å². The summed E-state index contributed by atoms with van der Waals surface area (Å²) in [5.74, 6) is 1.73. The number of likely N-dealkylation sites (N-methyl/N-ethyl adjacent to an activating group) is 1. The van der Waals surface area contributed by atoms with Gasteiger partial charge in [-0.3, -0.25) is 4.79 Å². The minimum Gasteiger partial charge on any atom is -0.493 e. The van der Waals surface area contributed by atoms with Crippen molar-refractivity contribution >= 4 is 5.91 Å². The number of carbonyl (C=O) groups is 1. The minimum absolute atomic E-state index is 0.0996. The maximum atomic E-state index is 12.4. The monoisotopic (exact) mass is 314 g/mol. The lowest BCUT2D eigenvalue weighted by Gasteiger charge is -2.63. The van der Waals surface area contributed by atoms with Gasteiger partial charge >= 0.3 is 0 Å². The van der Waals surface area contributed by atoms with Crippen LogP contribution in [0.3, 0.4) is 0 Å². The number of rotatable bonds is 1. The Kier molecular flexibility index (Phi) is 2.38. The summed E-state index contributed by atoms with van der Waals surface area (Å²) in [4.78, 5) is 14.8. The molecule has 3 aliphatic heterocycles. The van der Waals surface area contributed by atoms with Crippen LogP contribution in [0.15, 0.2) is 12.1 Å². The van der Waals surface area contributed by atoms with Crippen molar-refractivity contribution in [3.05, 3.63) is 23.3 Å². The van der Waals surface area contributed by atoms with Gasteiger partial charge in [0.05, 0.1) is 12.5 Å². The second kappa shape index (κ2) is 4.01. The number of carbonyl (C=O) groups excluding carboxylic acids is 1. The molecule has 1 aromatic rings. The van der Waals surface area contributed by atoms with Gasteiger partial charge in [-0.25, -0.2) is 0 Å². The fraction of sp³-hybridized carbons (Fsp3) is 0.611. The summed E-state index contributed by atoms with van der Waals surface area (Å²) in [6.45, 7) is 3.33. The number of benzene rings is 1. The maximum absolute atomic E-state index is 12.4. The first kappa shape index (κ1) is 13.7. The van der Waals surface area contributed by atoms with Crippen LogP contribution in [-0.4, -0.2) is 43.8 Å². The molecule has 4 atom stereocenters. The Hall–Kier alpha value is -1.75. The Balaban J connectivity index is 1.84. The molecule has 1 amide bonds. The quantitative estimate of drug-likeness (QED) is 0.852. The molecule has 5 rings (SSSR count). The van der Waals surface area contributed by atoms with Gasteiger partial charge in [0.15, 0.2) is 17.7 Å². The second-order valence-electron chi connectivity index (χ2n) is 7.71. The molecule has 0 saturated carbocycles. The lowest BCUT2D eigenvalue weighted by atomic mass is 9.47. The molecule has 1 spiro atoms. The topological polar surface area (TPSA) is 50.8 Å². The summed E-state index contributed by atoms with van der Waals surface area (Å²) >= 11 is 0. The Morgan fingerprint density at radius 1 is 1.43 bits per heavy atom. The van der Waals surface area contributed by atoms with E-state index in [2.05, 4.69) is 30.3 Å². The molecule has 1 aromatic carbocycles. The van der Waals surface area contributed by atoms with Crippen LogP contribution in [-0.2, 0) is 16.6 Å². The number of hydrogen-bond acceptors (Lipinski definition) is 4. The summed E-state index contributed by atoms with van der Waals surface area (Å²) in [6.07, 6.45) is 2.28. The Morgan fingerprint density at radius 2 is 2.26 bits per heavy atom. The van der Waals surface area contributed by atoms with Crippen molar-refractivity contribution in [3.63, 3.8) is 0 Å². The van der Waals surface area contributed by atoms with Crippen molar-refractivity contribution in [3.8, 4) is 11.5 Å². The molecule has 2 saturated heterocycles. The van der Waals surface area contributed by atoms with Crippen LogP contribution >= 0.6 is 0 Å². The molecule has 1 N–H and O–H groups in total. The van der Waals surface area contributed by atoms with E-state index in [1.807, 2.05) is 6.07 Å². The molecule has 0 unspecified atom stereocenters. The Morgan fingerprint density at radius 3 is 3.04 bits per heavy atom. The zero-order chi connectivity index (χ0) is 16.0. The van der Waals surface area contributed by atoms with E-state index < -0.39 is 0 Å². The van der Waals surface area contributed by atoms with Crippen molar-refractivity contribution in [1.29, 1.82) is 0 Å². The molecule has 5 heteroatoms. The molecule has 1 aliphatic carbocycles. The van der Waals surface area contributed by atoms with E-state index in [1.165, 1.54) is 11.1 Å². The van der Waals surface area contributed by atoms with Crippen molar-refractivity contribution in [1.82, 2.24) is 10.2 Å². The molecular weight excluding hydrogens is 292 g/mol. The third-order valence-corrected chi connectivity index (χ3v) is 6.94. The minimum atomic E-state index is -0.268. The number of nitrogens with one attached hydrogen (secondary N) is 1. The van der Waals surface area contributed by atoms with Crippen LogP contribution in [0, 0.1) is 5.41 Å². The van der Waals surface area contributed by atoms with Crippen molar-refractivity contribution in [2.75, 3.05) is 20.7 Å². The number of likely N-dealkylation sites (tertiary alicyclic amines) is 1. The molecule has 0 radical (unpaired) electrons. The molecule has 2 bridgehead atoms. The van der Waals surface area contributed by atoms with Crippen LogP contribution in [0.1, 0.15) is 30.9 Å². The highest BCUT2D eigenvalue weighted by Crippen LogP contribution is 2.66.